The maximum absolute atomic E-state index is 14.8. The molecule has 0 aromatic heterocycles. The second-order valence-corrected chi connectivity index (χ2v) is 12.1. The number of anilines is 1. The van der Waals surface area contributed by atoms with Gasteiger partial charge in [-0.15, -0.1) is 0 Å². The summed E-state index contributed by atoms with van der Waals surface area (Å²) in [5.41, 5.74) is 3.05. The Labute approximate surface area is 237 Å². The lowest BCUT2D eigenvalue weighted by molar-refractivity contribution is -0.140. The van der Waals surface area contributed by atoms with E-state index in [1.165, 1.54) is 11.0 Å². The first-order chi connectivity index (χ1) is 18.9. The number of rotatable bonds is 12. The van der Waals surface area contributed by atoms with Gasteiger partial charge in [0.05, 0.1) is 11.9 Å². The van der Waals surface area contributed by atoms with Crippen LogP contribution in [0.1, 0.15) is 42.5 Å². The molecule has 0 aliphatic rings. The van der Waals surface area contributed by atoms with E-state index in [0.29, 0.717) is 17.7 Å². The molecular weight excluding hydrogens is 529 g/mol. The molecule has 0 saturated heterocycles. The molecule has 1 N–H and O–H groups in total. The highest BCUT2D eigenvalue weighted by Crippen LogP contribution is 2.25. The van der Waals surface area contributed by atoms with Gasteiger partial charge in [0.2, 0.25) is 21.8 Å². The van der Waals surface area contributed by atoms with Crippen molar-refractivity contribution in [1.82, 2.24) is 10.2 Å². The number of hydrogen-bond donors (Lipinski definition) is 1. The van der Waals surface area contributed by atoms with Crippen molar-refractivity contribution in [2.45, 2.75) is 59.2 Å². The summed E-state index contributed by atoms with van der Waals surface area (Å²) >= 11 is 0. The predicted octanol–water partition coefficient (Wildman–Crippen LogP) is 4.76. The van der Waals surface area contributed by atoms with Crippen LogP contribution in [-0.2, 0) is 32.6 Å². The molecule has 0 spiro atoms. The number of nitrogens with one attached hydrogen (secondary N) is 1. The Hall–Kier alpha value is -3.72. The van der Waals surface area contributed by atoms with E-state index in [9.17, 15) is 22.4 Å². The lowest BCUT2D eigenvalue weighted by Crippen LogP contribution is -2.54. The van der Waals surface area contributed by atoms with Crippen molar-refractivity contribution in [3.8, 4) is 0 Å². The summed E-state index contributed by atoms with van der Waals surface area (Å²) < 4.78 is 41.7. The quantitative estimate of drug-likeness (QED) is 0.342. The smallest absolute Gasteiger partial charge is 0.244 e. The summed E-state index contributed by atoms with van der Waals surface area (Å²) in [5.74, 6) is -1.52. The summed E-state index contributed by atoms with van der Waals surface area (Å²) in [6.45, 7) is 6.73. The number of hydrogen-bond acceptors (Lipinski definition) is 4. The minimum Gasteiger partial charge on any atom is -0.352 e. The van der Waals surface area contributed by atoms with Gasteiger partial charge in [-0.1, -0.05) is 73.2 Å². The third-order valence-corrected chi connectivity index (χ3v) is 8.00. The van der Waals surface area contributed by atoms with Crippen molar-refractivity contribution in [2.24, 2.45) is 0 Å². The topological polar surface area (TPSA) is 86.8 Å². The van der Waals surface area contributed by atoms with Crippen LogP contribution in [0.15, 0.2) is 72.8 Å². The highest BCUT2D eigenvalue weighted by molar-refractivity contribution is 7.92. The maximum atomic E-state index is 14.8. The minimum atomic E-state index is -3.88. The van der Waals surface area contributed by atoms with Crippen LogP contribution in [0.2, 0.25) is 0 Å². The number of carbonyl (C=O) groups is 2. The van der Waals surface area contributed by atoms with E-state index >= 15 is 0 Å². The van der Waals surface area contributed by atoms with Gasteiger partial charge in [0.15, 0.2) is 0 Å². The second-order valence-electron chi connectivity index (χ2n) is 10.2. The van der Waals surface area contributed by atoms with Crippen LogP contribution in [0, 0.1) is 19.7 Å². The average molecular weight is 568 g/mol. The summed E-state index contributed by atoms with van der Waals surface area (Å²) in [6.07, 6.45) is 1.89. The molecule has 3 aromatic carbocycles. The van der Waals surface area contributed by atoms with E-state index in [4.69, 9.17) is 0 Å². The molecule has 2 unspecified atom stereocenters. The number of benzene rings is 3. The monoisotopic (exact) mass is 567 g/mol. The summed E-state index contributed by atoms with van der Waals surface area (Å²) in [6, 6.07) is 19.4. The van der Waals surface area contributed by atoms with Crippen molar-refractivity contribution in [1.29, 1.82) is 0 Å². The lowest BCUT2D eigenvalue weighted by Gasteiger charge is -2.34. The third kappa shape index (κ3) is 8.14. The Kier molecular flexibility index (Phi) is 10.5. The molecule has 0 radical (unpaired) electrons. The zero-order valence-corrected chi connectivity index (χ0v) is 24.5. The summed E-state index contributed by atoms with van der Waals surface area (Å²) in [5, 5.41) is 2.96. The zero-order chi connectivity index (χ0) is 29.4. The van der Waals surface area contributed by atoms with Crippen LogP contribution in [0.4, 0.5) is 10.1 Å². The van der Waals surface area contributed by atoms with Crippen molar-refractivity contribution >= 4 is 27.5 Å². The Morgan fingerprint density at radius 1 is 0.975 bits per heavy atom. The molecule has 7 nitrogen and oxygen atoms in total. The fourth-order valence-electron chi connectivity index (χ4n) is 4.49. The SMILES string of the molecule is CCC(C)NC(=O)C(Cc1ccccc1)N(Cc1ccccc1F)C(=O)CN(c1ccc(C)cc1C)S(C)(=O)=O. The Balaban J connectivity index is 2.09. The average Bonchev–Trinajstić information content (AvgIpc) is 2.90. The predicted molar refractivity (Wildman–Crippen MR) is 157 cm³/mol. The zero-order valence-electron chi connectivity index (χ0n) is 23.7. The highest BCUT2D eigenvalue weighted by atomic mass is 32.2. The maximum Gasteiger partial charge on any atom is 0.244 e. The number of halogens is 1. The highest BCUT2D eigenvalue weighted by Gasteiger charge is 2.34. The second kappa shape index (κ2) is 13.6. The molecule has 0 bridgehead atoms. The van der Waals surface area contributed by atoms with Crippen LogP contribution in [0.5, 0.6) is 0 Å². The lowest BCUT2D eigenvalue weighted by atomic mass is 10.0. The molecule has 40 heavy (non-hydrogen) atoms. The van der Waals surface area contributed by atoms with Crippen molar-refractivity contribution in [2.75, 3.05) is 17.1 Å². The molecule has 0 aliphatic carbocycles. The van der Waals surface area contributed by atoms with Gasteiger partial charge in [-0.05, 0) is 50.5 Å². The van der Waals surface area contributed by atoms with E-state index in [1.807, 2.05) is 57.2 Å². The molecular formula is C31H38FN3O4S. The van der Waals surface area contributed by atoms with Gasteiger partial charge in [-0.25, -0.2) is 12.8 Å². The van der Waals surface area contributed by atoms with Crippen LogP contribution >= 0.6 is 0 Å². The van der Waals surface area contributed by atoms with Crippen molar-refractivity contribution in [3.63, 3.8) is 0 Å². The molecule has 2 atom stereocenters. The normalized spacial score (nSPS) is 12.8. The van der Waals surface area contributed by atoms with Gasteiger partial charge < -0.3 is 10.2 Å². The number of amides is 2. The van der Waals surface area contributed by atoms with Crippen LogP contribution < -0.4 is 9.62 Å². The van der Waals surface area contributed by atoms with Gasteiger partial charge in [0, 0.05) is 24.6 Å². The van der Waals surface area contributed by atoms with Gasteiger partial charge in [-0.3, -0.25) is 13.9 Å². The Bertz CT molecular complexity index is 1430. The molecule has 0 fully saturated rings. The number of aryl methyl sites for hydroxylation is 2. The Morgan fingerprint density at radius 2 is 1.62 bits per heavy atom. The molecule has 2 amide bonds. The van der Waals surface area contributed by atoms with Gasteiger partial charge in [0.1, 0.15) is 18.4 Å². The molecule has 0 heterocycles. The molecule has 3 rings (SSSR count). The largest absolute Gasteiger partial charge is 0.352 e. The van der Waals surface area contributed by atoms with Gasteiger partial charge in [-0.2, -0.15) is 0 Å². The third-order valence-electron chi connectivity index (χ3n) is 6.87. The van der Waals surface area contributed by atoms with E-state index < -0.39 is 34.3 Å². The van der Waals surface area contributed by atoms with Crippen LogP contribution in [-0.4, -0.2) is 50.0 Å². The standard InChI is InChI=1S/C31H38FN3O4S/c1-6-24(4)33-31(37)29(19-25-12-8-7-9-13-25)34(20-26-14-10-11-15-27(26)32)30(36)21-35(40(5,38)39)28-17-16-22(2)18-23(28)3/h7-18,24,29H,6,19-21H2,1-5H3,(H,33,37). The fourth-order valence-corrected chi connectivity index (χ4v) is 5.39. The van der Waals surface area contributed by atoms with Crippen molar-refractivity contribution < 1.29 is 22.4 Å². The fraction of sp³-hybridized carbons (Fsp3) is 0.355. The first kappa shape index (κ1) is 30.8. The summed E-state index contributed by atoms with van der Waals surface area (Å²) in [4.78, 5) is 29.0. The molecule has 0 aliphatic heterocycles. The molecule has 3 aromatic rings. The van der Waals surface area contributed by atoms with Gasteiger partial charge in [0.25, 0.3) is 0 Å². The Morgan fingerprint density at radius 3 is 2.23 bits per heavy atom. The number of nitrogens with zero attached hydrogens (tertiary/aromatic N) is 2. The molecule has 214 valence electrons. The number of carbonyl (C=O) groups excluding carboxylic acids is 2. The minimum absolute atomic E-state index is 0.154. The van der Waals surface area contributed by atoms with E-state index in [0.717, 1.165) is 21.7 Å². The van der Waals surface area contributed by atoms with Crippen LogP contribution in [0.25, 0.3) is 0 Å². The summed E-state index contributed by atoms with van der Waals surface area (Å²) in [7, 11) is -3.88. The van der Waals surface area contributed by atoms with Crippen LogP contribution in [0.3, 0.4) is 0 Å². The molecule has 9 heteroatoms. The van der Waals surface area contributed by atoms with Gasteiger partial charge >= 0.3 is 0 Å². The number of sulfonamides is 1. The first-order valence-electron chi connectivity index (χ1n) is 13.3. The first-order valence-corrected chi connectivity index (χ1v) is 15.2. The molecule has 0 saturated carbocycles. The van der Waals surface area contributed by atoms with Crippen molar-refractivity contribution in [3.05, 3.63) is 101 Å². The van der Waals surface area contributed by atoms with E-state index in [2.05, 4.69) is 5.32 Å². The van der Waals surface area contributed by atoms with E-state index in [-0.39, 0.29) is 30.5 Å². The van der Waals surface area contributed by atoms with E-state index in [1.54, 1.807) is 37.3 Å².